The summed E-state index contributed by atoms with van der Waals surface area (Å²) >= 11 is 0. The Balaban J connectivity index is 2.35. The molecule has 92 valence electrons. The minimum absolute atomic E-state index is 0.143. The molecule has 1 heterocycles. The number of carbonyl (C=O) groups excluding carboxylic acids is 1. The molecule has 0 saturated carbocycles. The van der Waals surface area contributed by atoms with Crippen LogP contribution in [0.4, 0.5) is 0 Å². The lowest BCUT2D eigenvalue weighted by molar-refractivity contribution is 0.0936. The fraction of sp³-hybridized carbons (Fsp3) is 0.250. The number of Topliss-reactive ketones (excluding diaryl/α,β-unsaturated/α-hetero) is 1. The molecular weight excluding hydrogens is 222 g/mol. The highest BCUT2D eigenvalue weighted by atomic mass is 16.1. The molecule has 0 saturated heterocycles. The number of pyridine rings is 1. The van der Waals surface area contributed by atoms with Crippen LogP contribution in [-0.4, -0.2) is 10.8 Å². The van der Waals surface area contributed by atoms with E-state index >= 15 is 0 Å². The Morgan fingerprint density at radius 3 is 2.22 bits per heavy atom. The molecule has 2 rings (SSSR count). The van der Waals surface area contributed by atoms with E-state index in [-0.39, 0.29) is 17.6 Å². The first-order chi connectivity index (χ1) is 8.70. The summed E-state index contributed by atoms with van der Waals surface area (Å²) in [6.45, 7) is 4.11. The second-order valence-corrected chi connectivity index (χ2v) is 4.71. The van der Waals surface area contributed by atoms with Crippen LogP contribution in [0.25, 0.3) is 0 Å². The second-order valence-electron chi connectivity index (χ2n) is 4.71. The molecule has 18 heavy (non-hydrogen) atoms. The van der Waals surface area contributed by atoms with Gasteiger partial charge in [0.1, 0.15) is 0 Å². The predicted molar refractivity (Wildman–Crippen MR) is 72.6 cm³/mol. The first-order valence-corrected chi connectivity index (χ1v) is 6.20. The molecule has 2 nitrogen and oxygen atoms in total. The molecule has 0 fully saturated rings. The van der Waals surface area contributed by atoms with Crippen molar-refractivity contribution in [1.29, 1.82) is 0 Å². The summed E-state index contributed by atoms with van der Waals surface area (Å²) < 4.78 is 0. The Bertz CT molecular complexity index is 505. The molecule has 0 bridgehead atoms. The largest absolute Gasteiger partial charge is 0.293 e. The van der Waals surface area contributed by atoms with Gasteiger partial charge in [-0.15, -0.1) is 0 Å². The van der Waals surface area contributed by atoms with Crippen molar-refractivity contribution in [3.05, 3.63) is 66.0 Å². The van der Waals surface area contributed by atoms with Gasteiger partial charge in [0.25, 0.3) is 0 Å². The molecule has 0 aliphatic rings. The predicted octanol–water partition coefficient (Wildman–Crippen LogP) is 3.70. The molecule has 0 aliphatic carbocycles. The second kappa shape index (κ2) is 5.58. The number of hydrogen-bond acceptors (Lipinski definition) is 2. The molecule has 0 radical (unpaired) electrons. The topological polar surface area (TPSA) is 30.0 Å². The van der Waals surface area contributed by atoms with E-state index in [0.717, 1.165) is 11.3 Å². The quantitative estimate of drug-likeness (QED) is 0.761. The van der Waals surface area contributed by atoms with Gasteiger partial charge in [-0.05, 0) is 18.1 Å². The summed E-state index contributed by atoms with van der Waals surface area (Å²) in [4.78, 5) is 16.9. The standard InChI is InChI=1S/C16H17NO/c1-12(2)15(14-10-6-7-11-17-14)16(18)13-8-4-3-5-9-13/h3-12,15H,1-2H3/t15-/m0/s1. The van der Waals surface area contributed by atoms with Gasteiger partial charge in [0, 0.05) is 11.8 Å². The average molecular weight is 239 g/mol. The van der Waals surface area contributed by atoms with Crippen LogP contribution in [0.2, 0.25) is 0 Å². The van der Waals surface area contributed by atoms with Gasteiger partial charge >= 0.3 is 0 Å². The zero-order valence-electron chi connectivity index (χ0n) is 10.7. The highest BCUT2D eigenvalue weighted by molar-refractivity contribution is 6.00. The lowest BCUT2D eigenvalue weighted by atomic mass is 9.85. The normalized spacial score (nSPS) is 12.4. The van der Waals surface area contributed by atoms with Crippen LogP contribution in [0.15, 0.2) is 54.7 Å². The van der Waals surface area contributed by atoms with Crippen molar-refractivity contribution < 1.29 is 4.79 Å². The molecule has 0 spiro atoms. The minimum atomic E-state index is -0.173. The zero-order chi connectivity index (χ0) is 13.0. The van der Waals surface area contributed by atoms with Crippen LogP contribution in [-0.2, 0) is 0 Å². The molecule has 0 N–H and O–H groups in total. The average Bonchev–Trinajstić information content (AvgIpc) is 2.40. The van der Waals surface area contributed by atoms with Crippen molar-refractivity contribution >= 4 is 5.78 Å². The van der Waals surface area contributed by atoms with E-state index < -0.39 is 0 Å². The first-order valence-electron chi connectivity index (χ1n) is 6.20. The number of rotatable bonds is 4. The van der Waals surface area contributed by atoms with E-state index in [2.05, 4.69) is 18.8 Å². The number of benzene rings is 1. The summed E-state index contributed by atoms with van der Waals surface area (Å²) in [7, 11) is 0. The van der Waals surface area contributed by atoms with Crippen molar-refractivity contribution in [3.63, 3.8) is 0 Å². The van der Waals surface area contributed by atoms with Crippen molar-refractivity contribution in [2.75, 3.05) is 0 Å². The van der Waals surface area contributed by atoms with Crippen LogP contribution >= 0.6 is 0 Å². The molecule has 0 amide bonds. The van der Waals surface area contributed by atoms with E-state index in [0.29, 0.717) is 0 Å². The molecule has 1 aromatic heterocycles. The maximum absolute atomic E-state index is 12.5. The van der Waals surface area contributed by atoms with Crippen LogP contribution in [0.3, 0.4) is 0 Å². The molecule has 0 aliphatic heterocycles. The third-order valence-electron chi connectivity index (χ3n) is 3.01. The number of ketones is 1. The Labute approximate surface area is 108 Å². The van der Waals surface area contributed by atoms with Gasteiger partial charge in [0.15, 0.2) is 5.78 Å². The number of nitrogens with zero attached hydrogens (tertiary/aromatic N) is 1. The van der Waals surface area contributed by atoms with Crippen LogP contribution in [0.1, 0.15) is 35.8 Å². The number of aromatic nitrogens is 1. The van der Waals surface area contributed by atoms with Crippen molar-refractivity contribution in [2.45, 2.75) is 19.8 Å². The minimum Gasteiger partial charge on any atom is -0.293 e. The SMILES string of the molecule is CC(C)[C@H](C(=O)c1ccccc1)c1ccccn1. The van der Waals surface area contributed by atoms with Gasteiger partial charge < -0.3 is 0 Å². The van der Waals surface area contributed by atoms with Crippen molar-refractivity contribution in [1.82, 2.24) is 4.98 Å². The highest BCUT2D eigenvalue weighted by Gasteiger charge is 2.25. The summed E-state index contributed by atoms with van der Waals surface area (Å²) in [6, 6.07) is 15.1. The van der Waals surface area contributed by atoms with Crippen LogP contribution < -0.4 is 0 Å². The lowest BCUT2D eigenvalue weighted by Crippen LogP contribution is -2.19. The Morgan fingerprint density at radius 1 is 1.00 bits per heavy atom. The number of carbonyl (C=O) groups is 1. The first kappa shape index (κ1) is 12.5. The molecule has 1 aromatic carbocycles. The molecule has 2 heteroatoms. The Kier molecular flexibility index (Phi) is 3.88. The van der Waals surface area contributed by atoms with E-state index in [1.807, 2.05) is 48.5 Å². The van der Waals surface area contributed by atoms with Crippen LogP contribution in [0.5, 0.6) is 0 Å². The van der Waals surface area contributed by atoms with Crippen LogP contribution in [0, 0.1) is 5.92 Å². The van der Waals surface area contributed by atoms with Gasteiger partial charge in [-0.3, -0.25) is 9.78 Å². The Morgan fingerprint density at radius 2 is 1.67 bits per heavy atom. The van der Waals surface area contributed by atoms with E-state index in [1.165, 1.54) is 0 Å². The van der Waals surface area contributed by atoms with E-state index in [4.69, 9.17) is 0 Å². The molecule has 0 unspecified atom stereocenters. The lowest BCUT2D eigenvalue weighted by Gasteiger charge is -2.19. The maximum atomic E-state index is 12.5. The van der Waals surface area contributed by atoms with Gasteiger partial charge in [-0.2, -0.15) is 0 Å². The molecule has 2 aromatic rings. The number of hydrogen-bond donors (Lipinski definition) is 0. The summed E-state index contributed by atoms with van der Waals surface area (Å²) in [5.41, 5.74) is 1.60. The van der Waals surface area contributed by atoms with Gasteiger partial charge in [0.05, 0.1) is 11.6 Å². The van der Waals surface area contributed by atoms with Gasteiger partial charge in [-0.25, -0.2) is 0 Å². The van der Waals surface area contributed by atoms with Gasteiger partial charge in [0.2, 0.25) is 0 Å². The monoisotopic (exact) mass is 239 g/mol. The van der Waals surface area contributed by atoms with Gasteiger partial charge in [-0.1, -0.05) is 50.2 Å². The van der Waals surface area contributed by atoms with E-state index in [1.54, 1.807) is 6.20 Å². The highest BCUT2D eigenvalue weighted by Crippen LogP contribution is 2.26. The summed E-state index contributed by atoms with van der Waals surface area (Å²) in [5.74, 6) is 0.200. The van der Waals surface area contributed by atoms with E-state index in [9.17, 15) is 4.79 Å². The fourth-order valence-corrected chi connectivity index (χ4v) is 2.12. The Hall–Kier alpha value is -1.96. The fourth-order valence-electron chi connectivity index (χ4n) is 2.12. The summed E-state index contributed by atoms with van der Waals surface area (Å²) in [5, 5.41) is 0. The maximum Gasteiger partial charge on any atom is 0.172 e. The summed E-state index contributed by atoms with van der Waals surface area (Å²) in [6.07, 6.45) is 1.74. The third-order valence-corrected chi connectivity index (χ3v) is 3.01. The van der Waals surface area contributed by atoms with Crippen molar-refractivity contribution in [3.8, 4) is 0 Å². The zero-order valence-corrected chi connectivity index (χ0v) is 10.7. The molecular formula is C16H17NO. The molecule has 1 atom stereocenters. The third kappa shape index (κ3) is 2.65. The van der Waals surface area contributed by atoms with Crippen molar-refractivity contribution in [2.24, 2.45) is 5.92 Å². The smallest absolute Gasteiger partial charge is 0.172 e.